The molecule has 0 saturated carbocycles. The minimum atomic E-state index is -3.74. The molecule has 2 aromatic carbocycles. The van der Waals surface area contributed by atoms with Crippen LogP contribution in [-0.4, -0.2) is 45.5 Å². The van der Waals surface area contributed by atoms with E-state index in [0.717, 1.165) is 15.6 Å². The van der Waals surface area contributed by atoms with Crippen molar-refractivity contribution in [1.29, 1.82) is 0 Å². The Balaban J connectivity index is 1.93. The van der Waals surface area contributed by atoms with Gasteiger partial charge in [0.15, 0.2) is 5.84 Å². The number of hydrogen-bond acceptors (Lipinski definition) is 4. The van der Waals surface area contributed by atoms with Gasteiger partial charge in [-0.1, -0.05) is 51.8 Å². The van der Waals surface area contributed by atoms with Crippen molar-refractivity contribution in [3.63, 3.8) is 0 Å². The predicted octanol–water partition coefficient (Wildman–Crippen LogP) is 2.73. The van der Waals surface area contributed by atoms with Crippen LogP contribution in [0.1, 0.15) is 11.1 Å². The van der Waals surface area contributed by atoms with Gasteiger partial charge >= 0.3 is 0 Å². The fourth-order valence-electron chi connectivity index (χ4n) is 2.59. The van der Waals surface area contributed by atoms with Gasteiger partial charge in [-0.3, -0.25) is 0 Å². The van der Waals surface area contributed by atoms with Crippen LogP contribution in [0, 0.1) is 6.92 Å². The SMILES string of the molecule is Cc1ccc(S(=O)(=O)N/N=C(/c2ccccc2Br)N2CCOCC2)cc1. The maximum atomic E-state index is 12.6. The molecule has 26 heavy (non-hydrogen) atoms. The van der Waals surface area contributed by atoms with Gasteiger partial charge in [-0.2, -0.15) is 13.2 Å². The summed E-state index contributed by atoms with van der Waals surface area (Å²) in [5.41, 5.74) is 1.82. The number of benzene rings is 2. The summed E-state index contributed by atoms with van der Waals surface area (Å²) in [6.45, 7) is 4.35. The van der Waals surface area contributed by atoms with E-state index in [-0.39, 0.29) is 4.90 Å². The number of ether oxygens (including phenoxy) is 1. The zero-order chi connectivity index (χ0) is 18.6. The Labute approximate surface area is 162 Å². The quantitative estimate of drug-likeness (QED) is 0.453. The molecule has 0 atom stereocenters. The maximum Gasteiger partial charge on any atom is 0.276 e. The zero-order valence-corrected chi connectivity index (χ0v) is 16.8. The minimum absolute atomic E-state index is 0.181. The lowest BCUT2D eigenvalue weighted by atomic mass is 10.2. The Morgan fingerprint density at radius 2 is 1.77 bits per heavy atom. The topological polar surface area (TPSA) is 71.0 Å². The number of hydrogen-bond donors (Lipinski definition) is 1. The number of sulfonamides is 1. The molecule has 8 heteroatoms. The Morgan fingerprint density at radius 1 is 1.12 bits per heavy atom. The molecule has 1 fully saturated rings. The van der Waals surface area contributed by atoms with E-state index in [0.29, 0.717) is 32.1 Å². The Morgan fingerprint density at radius 3 is 2.42 bits per heavy atom. The summed E-state index contributed by atoms with van der Waals surface area (Å²) in [6, 6.07) is 14.3. The lowest BCUT2D eigenvalue weighted by molar-refractivity contribution is 0.0681. The molecule has 3 rings (SSSR count). The van der Waals surface area contributed by atoms with E-state index in [2.05, 4.69) is 25.9 Å². The molecule has 0 spiro atoms. The second kappa shape index (κ2) is 8.20. The van der Waals surface area contributed by atoms with Gasteiger partial charge in [0.05, 0.1) is 18.1 Å². The number of nitrogens with one attached hydrogen (secondary N) is 1. The van der Waals surface area contributed by atoms with Crippen LogP contribution in [0.25, 0.3) is 0 Å². The molecular weight excluding hydrogens is 418 g/mol. The maximum absolute atomic E-state index is 12.6. The van der Waals surface area contributed by atoms with E-state index in [1.54, 1.807) is 24.3 Å². The van der Waals surface area contributed by atoms with Gasteiger partial charge < -0.3 is 9.64 Å². The van der Waals surface area contributed by atoms with Crippen LogP contribution in [-0.2, 0) is 14.8 Å². The summed E-state index contributed by atoms with van der Waals surface area (Å²) in [5, 5.41) is 4.27. The van der Waals surface area contributed by atoms with Crippen LogP contribution in [0.5, 0.6) is 0 Å². The molecule has 0 radical (unpaired) electrons. The normalized spacial score (nSPS) is 15.8. The van der Waals surface area contributed by atoms with Crippen LogP contribution in [0.3, 0.4) is 0 Å². The lowest BCUT2D eigenvalue weighted by Gasteiger charge is -2.30. The Bertz CT molecular complexity index is 892. The van der Waals surface area contributed by atoms with Gasteiger partial charge in [0.1, 0.15) is 0 Å². The Kier molecular flexibility index (Phi) is 5.95. The average molecular weight is 438 g/mol. The summed E-state index contributed by atoms with van der Waals surface area (Å²) in [6.07, 6.45) is 0. The molecule has 0 unspecified atom stereocenters. The number of aryl methyl sites for hydroxylation is 1. The molecule has 1 aliphatic rings. The van der Waals surface area contributed by atoms with Crippen LogP contribution in [0.15, 0.2) is 63.0 Å². The molecular formula is C18H20BrN3O3S. The highest BCUT2D eigenvalue weighted by molar-refractivity contribution is 9.10. The van der Waals surface area contributed by atoms with Crippen molar-refractivity contribution in [2.24, 2.45) is 5.10 Å². The molecule has 0 bridgehead atoms. The van der Waals surface area contributed by atoms with Crippen molar-refractivity contribution in [3.05, 3.63) is 64.1 Å². The average Bonchev–Trinajstić information content (AvgIpc) is 2.64. The van der Waals surface area contributed by atoms with Gasteiger partial charge in [-0.05, 0) is 25.1 Å². The zero-order valence-electron chi connectivity index (χ0n) is 14.4. The highest BCUT2D eigenvalue weighted by Crippen LogP contribution is 2.19. The van der Waals surface area contributed by atoms with Gasteiger partial charge in [-0.15, -0.1) is 5.10 Å². The van der Waals surface area contributed by atoms with Crippen molar-refractivity contribution in [2.75, 3.05) is 26.3 Å². The van der Waals surface area contributed by atoms with Gasteiger partial charge in [0.2, 0.25) is 0 Å². The fourth-order valence-corrected chi connectivity index (χ4v) is 3.86. The van der Waals surface area contributed by atoms with E-state index in [1.165, 1.54) is 0 Å². The summed E-state index contributed by atoms with van der Waals surface area (Å²) in [5.74, 6) is 0.566. The van der Waals surface area contributed by atoms with Crippen molar-refractivity contribution >= 4 is 31.8 Å². The van der Waals surface area contributed by atoms with Crippen LogP contribution in [0.4, 0.5) is 0 Å². The minimum Gasteiger partial charge on any atom is -0.378 e. The van der Waals surface area contributed by atoms with Crippen LogP contribution in [0.2, 0.25) is 0 Å². The summed E-state index contributed by atoms with van der Waals surface area (Å²) in [7, 11) is -3.74. The number of rotatable bonds is 4. The summed E-state index contributed by atoms with van der Waals surface area (Å²) >= 11 is 3.52. The van der Waals surface area contributed by atoms with Gasteiger partial charge in [-0.25, -0.2) is 0 Å². The molecule has 1 saturated heterocycles. The van der Waals surface area contributed by atoms with E-state index in [9.17, 15) is 8.42 Å². The summed E-state index contributed by atoms with van der Waals surface area (Å²) in [4.78, 5) is 4.57. The molecule has 1 heterocycles. The third-order valence-corrected chi connectivity index (χ3v) is 5.94. The van der Waals surface area contributed by atoms with E-state index < -0.39 is 10.0 Å². The van der Waals surface area contributed by atoms with Crippen molar-refractivity contribution < 1.29 is 13.2 Å². The second-order valence-corrected chi connectivity index (χ2v) is 8.44. The first kappa shape index (κ1) is 18.9. The van der Waals surface area contributed by atoms with Gasteiger partial charge in [0, 0.05) is 23.1 Å². The highest BCUT2D eigenvalue weighted by Gasteiger charge is 2.20. The van der Waals surface area contributed by atoms with Crippen molar-refractivity contribution in [1.82, 2.24) is 9.73 Å². The number of halogens is 1. The predicted molar refractivity (Wildman–Crippen MR) is 105 cm³/mol. The summed E-state index contributed by atoms with van der Waals surface area (Å²) < 4.78 is 31.4. The molecule has 0 aromatic heterocycles. The molecule has 2 aromatic rings. The first-order valence-corrected chi connectivity index (χ1v) is 10.5. The van der Waals surface area contributed by atoms with E-state index in [1.807, 2.05) is 36.1 Å². The van der Waals surface area contributed by atoms with Crippen LogP contribution < -0.4 is 4.83 Å². The monoisotopic (exact) mass is 437 g/mol. The first-order valence-electron chi connectivity index (χ1n) is 8.21. The largest absolute Gasteiger partial charge is 0.378 e. The van der Waals surface area contributed by atoms with Crippen molar-refractivity contribution in [2.45, 2.75) is 11.8 Å². The fraction of sp³-hybridized carbons (Fsp3) is 0.278. The molecule has 0 amide bonds. The third kappa shape index (κ3) is 4.44. The molecule has 138 valence electrons. The molecule has 6 nitrogen and oxygen atoms in total. The van der Waals surface area contributed by atoms with E-state index >= 15 is 0 Å². The molecule has 1 N–H and O–H groups in total. The number of hydrazone groups is 1. The standard InChI is InChI=1S/C18H20BrN3O3S/c1-14-6-8-15(9-7-14)26(23,24)21-20-18(22-10-12-25-13-11-22)16-4-2-3-5-17(16)19/h2-9,21H,10-13H2,1H3/b20-18-. The van der Waals surface area contributed by atoms with Gasteiger partial charge in [0.25, 0.3) is 10.0 Å². The van der Waals surface area contributed by atoms with Crippen molar-refractivity contribution in [3.8, 4) is 0 Å². The molecule has 0 aliphatic carbocycles. The smallest absolute Gasteiger partial charge is 0.276 e. The highest BCUT2D eigenvalue weighted by atomic mass is 79.9. The molecule has 1 aliphatic heterocycles. The Hall–Kier alpha value is -1.90. The van der Waals surface area contributed by atoms with Crippen LogP contribution >= 0.6 is 15.9 Å². The number of morpholine rings is 1. The number of nitrogens with zero attached hydrogens (tertiary/aromatic N) is 2. The lowest BCUT2D eigenvalue weighted by Crippen LogP contribution is -2.42. The number of amidine groups is 1. The first-order chi connectivity index (χ1) is 12.5. The van der Waals surface area contributed by atoms with E-state index in [4.69, 9.17) is 4.74 Å². The second-order valence-electron chi connectivity index (χ2n) is 5.92. The third-order valence-electron chi connectivity index (χ3n) is 4.03.